The number of carbonyl (C=O) groups is 1. The highest BCUT2D eigenvalue weighted by Gasteiger charge is 2.25. The zero-order valence-electron chi connectivity index (χ0n) is 10.0. The van der Waals surface area contributed by atoms with E-state index in [1.165, 1.54) is 12.1 Å². The summed E-state index contributed by atoms with van der Waals surface area (Å²) in [5, 5.41) is 19.8. The molecule has 0 amide bonds. The van der Waals surface area contributed by atoms with Crippen LogP contribution in [0.1, 0.15) is 30.9 Å². The van der Waals surface area contributed by atoms with Gasteiger partial charge >= 0.3 is 5.97 Å². The molecule has 1 unspecified atom stereocenters. The Morgan fingerprint density at radius 3 is 2.35 bits per heavy atom. The molecule has 0 bridgehead atoms. The quantitative estimate of drug-likeness (QED) is 0.644. The number of nitro groups is 1. The van der Waals surface area contributed by atoms with E-state index in [1.807, 2.05) is 13.8 Å². The molecule has 0 spiro atoms. The number of aliphatic carboxylic acids is 1. The number of carboxylic acid groups (broad SMARTS) is 1. The van der Waals surface area contributed by atoms with Gasteiger partial charge in [-0.1, -0.05) is 19.9 Å². The molecular formula is C12H15NO4. The lowest BCUT2D eigenvalue weighted by Crippen LogP contribution is -2.17. The Morgan fingerprint density at radius 1 is 1.41 bits per heavy atom. The van der Waals surface area contributed by atoms with Crippen LogP contribution in [0.4, 0.5) is 5.69 Å². The lowest BCUT2D eigenvalue weighted by atomic mass is 9.87. The summed E-state index contributed by atoms with van der Waals surface area (Å²) in [5.41, 5.74) is 1.11. The minimum absolute atomic E-state index is 0.0154. The maximum atomic E-state index is 11.1. The first-order valence-electron chi connectivity index (χ1n) is 5.32. The number of carboxylic acids is 1. The van der Waals surface area contributed by atoms with Gasteiger partial charge in [0.1, 0.15) is 0 Å². The van der Waals surface area contributed by atoms with E-state index in [0.29, 0.717) is 11.1 Å². The molecule has 5 heteroatoms. The molecule has 92 valence electrons. The highest BCUT2D eigenvalue weighted by Crippen LogP contribution is 2.28. The third-order valence-electron chi connectivity index (χ3n) is 2.71. The molecule has 1 N–H and O–H groups in total. The fourth-order valence-corrected chi connectivity index (χ4v) is 1.89. The summed E-state index contributed by atoms with van der Waals surface area (Å²) in [4.78, 5) is 21.3. The summed E-state index contributed by atoms with van der Waals surface area (Å²) in [5.74, 6) is -1.60. The second-order valence-corrected chi connectivity index (χ2v) is 4.36. The van der Waals surface area contributed by atoms with Gasteiger partial charge in [-0.2, -0.15) is 0 Å². The van der Waals surface area contributed by atoms with Crippen LogP contribution < -0.4 is 0 Å². The van der Waals surface area contributed by atoms with Gasteiger partial charge in [-0.05, 0) is 24.5 Å². The Labute approximate surface area is 99.2 Å². The third kappa shape index (κ3) is 2.81. The van der Waals surface area contributed by atoms with Gasteiger partial charge in [0.25, 0.3) is 5.69 Å². The van der Waals surface area contributed by atoms with Gasteiger partial charge in [-0.3, -0.25) is 14.9 Å². The Hall–Kier alpha value is -1.91. The summed E-state index contributed by atoms with van der Waals surface area (Å²) in [6.45, 7) is 5.24. The van der Waals surface area contributed by atoms with E-state index in [2.05, 4.69) is 0 Å². The Kier molecular flexibility index (Phi) is 3.83. The molecule has 0 aliphatic rings. The van der Waals surface area contributed by atoms with Gasteiger partial charge in [0.15, 0.2) is 0 Å². The van der Waals surface area contributed by atoms with Crippen LogP contribution in [0.5, 0.6) is 0 Å². The molecule has 5 nitrogen and oxygen atoms in total. The monoisotopic (exact) mass is 237 g/mol. The first kappa shape index (κ1) is 13.2. The highest BCUT2D eigenvalue weighted by atomic mass is 16.6. The maximum Gasteiger partial charge on any atom is 0.311 e. The van der Waals surface area contributed by atoms with E-state index < -0.39 is 16.8 Å². The number of rotatable bonds is 4. The molecular weight excluding hydrogens is 222 g/mol. The molecule has 0 saturated heterocycles. The van der Waals surface area contributed by atoms with E-state index in [1.54, 1.807) is 13.0 Å². The summed E-state index contributed by atoms with van der Waals surface area (Å²) in [6, 6.07) is 4.46. The van der Waals surface area contributed by atoms with Crippen LogP contribution >= 0.6 is 0 Å². The van der Waals surface area contributed by atoms with Crippen molar-refractivity contribution >= 4 is 11.7 Å². The maximum absolute atomic E-state index is 11.1. The number of hydrogen-bond donors (Lipinski definition) is 1. The van der Waals surface area contributed by atoms with Crippen LogP contribution in [-0.4, -0.2) is 16.0 Å². The van der Waals surface area contributed by atoms with E-state index in [0.717, 1.165) is 0 Å². The third-order valence-corrected chi connectivity index (χ3v) is 2.71. The molecule has 0 radical (unpaired) electrons. The van der Waals surface area contributed by atoms with Crippen molar-refractivity contribution in [3.05, 3.63) is 39.4 Å². The number of benzene rings is 1. The lowest BCUT2D eigenvalue weighted by Gasteiger charge is -2.16. The second-order valence-electron chi connectivity index (χ2n) is 4.36. The van der Waals surface area contributed by atoms with Crippen LogP contribution in [-0.2, 0) is 4.79 Å². The van der Waals surface area contributed by atoms with Gasteiger partial charge in [-0.25, -0.2) is 0 Å². The molecule has 1 rings (SSSR count). The standard InChI is InChI=1S/C12H15NO4/c1-7(2)11(12(14)15)9-4-5-10(13(16)17)8(3)6-9/h4-7,11H,1-3H3,(H,14,15). The first-order valence-corrected chi connectivity index (χ1v) is 5.32. The number of aryl methyl sites for hydroxylation is 1. The molecule has 0 heterocycles. The van der Waals surface area contributed by atoms with Crippen molar-refractivity contribution in [3.8, 4) is 0 Å². The summed E-state index contributed by atoms with van der Waals surface area (Å²) < 4.78 is 0. The van der Waals surface area contributed by atoms with Crippen LogP contribution in [0.15, 0.2) is 18.2 Å². The molecule has 17 heavy (non-hydrogen) atoms. The molecule has 0 aliphatic heterocycles. The Bertz CT molecular complexity index is 454. The van der Waals surface area contributed by atoms with E-state index in [4.69, 9.17) is 5.11 Å². The molecule has 1 atom stereocenters. The molecule has 0 saturated carbocycles. The number of nitro benzene ring substituents is 1. The Balaban J connectivity index is 3.20. The van der Waals surface area contributed by atoms with Crippen LogP contribution in [0.2, 0.25) is 0 Å². The summed E-state index contributed by atoms with van der Waals surface area (Å²) >= 11 is 0. The highest BCUT2D eigenvalue weighted by molar-refractivity contribution is 5.76. The number of hydrogen-bond acceptors (Lipinski definition) is 3. The van der Waals surface area contributed by atoms with Gasteiger partial charge in [-0.15, -0.1) is 0 Å². The van der Waals surface area contributed by atoms with Crippen molar-refractivity contribution in [1.82, 2.24) is 0 Å². The molecule has 0 fully saturated rings. The first-order chi connectivity index (χ1) is 7.84. The predicted octanol–water partition coefficient (Wildman–Crippen LogP) is 2.73. The molecule has 0 aliphatic carbocycles. The van der Waals surface area contributed by atoms with Crippen LogP contribution in [0.25, 0.3) is 0 Å². The van der Waals surface area contributed by atoms with Crippen molar-refractivity contribution in [2.45, 2.75) is 26.7 Å². The van der Waals surface area contributed by atoms with E-state index in [9.17, 15) is 14.9 Å². The average Bonchev–Trinajstić information content (AvgIpc) is 2.15. The largest absolute Gasteiger partial charge is 0.481 e. The zero-order chi connectivity index (χ0) is 13.2. The minimum Gasteiger partial charge on any atom is -0.481 e. The van der Waals surface area contributed by atoms with Crippen molar-refractivity contribution in [3.63, 3.8) is 0 Å². The summed E-state index contributed by atoms with van der Waals surface area (Å²) in [7, 11) is 0. The zero-order valence-corrected chi connectivity index (χ0v) is 10.0. The second kappa shape index (κ2) is 4.95. The molecule has 1 aromatic rings. The average molecular weight is 237 g/mol. The van der Waals surface area contributed by atoms with Crippen molar-refractivity contribution in [2.24, 2.45) is 5.92 Å². The Morgan fingerprint density at radius 2 is 2.00 bits per heavy atom. The van der Waals surface area contributed by atoms with Crippen molar-refractivity contribution < 1.29 is 14.8 Å². The van der Waals surface area contributed by atoms with Gasteiger partial charge < -0.3 is 5.11 Å². The molecule has 0 aromatic heterocycles. The van der Waals surface area contributed by atoms with Crippen molar-refractivity contribution in [2.75, 3.05) is 0 Å². The van der Waals surface area contributed by atoms with E-state index in [-0.39, 0.29) is 11.6 Å². The van der Waals surface area contributed by atoms with Gasteiger partial charge in [0.2, 0.25) is 0 Å². The fourth-order valence-electron chi connectivity index (χ4n) is 1.89. The van der Waals surface area contributed by atoms with Crippen LogP contribution in [0.3, 0.4) is 0 Å². The van der Waals surface area contributed by atoms with E-state index >= 15 is 0 Å². The fraction of sp³-hybridized carbons (Fsp3) is 0.417. The molecule has 1 aromatic carbocycles. The van der Waals surface area contributed by atoms with Crippen molar-refractivity contribution in [1.29, 1.82) is 0 Å². The van der Waals surface area contributed by atoms with Gasteiger partial charge in [0, 0.05) is 11.6 Å². The number of nitrogens with zero attached hydrogens (tertiary/aromatic N) is 1. The SMILES string of the molecule is Cc1cc(C(C(=O)O)C(C)C)ccc1[N+](=O)[O-]. The predicted molar refractivity (Wildman–Crippen MR) is 63.0 cm³/mol. The topological polar surface area (TPSA) is 80.4 Å². The minimum atomic E-state index is -0.909. The smallest absolute Gasteiger partial charge is 0.311 e. The normalized spacial score (nSPS) is 12.5. The lowest BCUT2D eigenvalue weighted by molar-refractivity contribution is -0.385. The summed E-state index contributed by atoms with van der Waals surface area (Å²) in [6.07, 6.45) is 0. The van der Waals surface area contributed by atoms with Crippen LogP contribution in [0, 0.1) is 23.0 Å². The van der Waals surface area contributed by atoms with Gasteiger partial charge in [0.05, 0.1) is 10.8 Å².